The summed E-state index contributed by atoms with van der Waals surface area (Å²) in [5.74, 6) is -0.137. The molecule has 2 aromatic rings. The molecule has 6 heteroatoms. The van der Waals surface area contributed by atoms with Gasteiger partial charge in [0, 0.05) is 56.2 Å². The fourth-order valence-corrected chi connectivity index (χ4v) is 3.25. The molecule has 0 radical (unpaired) electrons. The third-order valence-corrected chi connectivity index (χ3v) is 5.04. The summed E-state index contributed by atoms with van der Waals surface area (Å²) in [6.07, 6.45) is 0. The van der Waals surface area contributed by atoms with E-state index in [-0.39, 0.29) is 12.5 Å². The predicted octanol–water partition coefficient (Wildman–Crippen LogP) is 1.94. The van der Waals surface area contributed by atoms with Crippen LogP contribution in [-0.4, -0.2) is 60.1 Å². The molecule has 144 valence electrons. The van der Waals surface area contributed by atoms with Gasteiger partial charge in [-0.3, -0.25) is 14.6 Å². The Hall–Kier alpha value is -2.41. The number of carbonyl (C=O) groups is 1. The highest BCUT2D eigenvalue weighted by molar-refractivity contribution is 6.04. The molecule has 1 amide bonds. The van der Waals surface area contributed by atoms with E-state index in [4.69, 9.17) is 10.8 Å². The molecule has 0 saturated carbocycles. The first kappa shape index (κ1) is 19.4. The lowest BCUT2D eigenvalue weighted by atomic mass is 10.1. The maximum absolute atomic E-state index is 12.4. The van der Waals surface area contributed by atoms with Gasteiger partial charge in [-0.15, -0.1) is 0 Å². The number of benzene rings is 2. The van der Waals surface area contributed by atoms with Crippen LogP contribution in [0.4, 0.5) is 11.4 Å². The molecule has 27 heavy (non-hydrogen) atoms. The van der Waals surface area contributed by atoms with Crippen molar-refractivity contribution in [2.45, 2.75) is 13.5 Å². The quantitative estimate of drug-likeness (QED) is 0.679. The van der Waals surface area contributed by atoms with Gasteiger partial charge < -0.3 is 16.2 Å². The first-order valence-electron chi connectivity index (χ1n) is 9.37. The number of aliphatic hydroxyl groups excluding tert-OH is 1. The zero-order valence-corrected chi connectivity index (χ0v) is 15.8. The van der Waals surface area contributed by atoms with Crippen molar-refractivity contribution in [2.24, 2.45) is 0 Å². The van der Waals surface area contributed by atoms with Gasteiger partial charge >= 0.3 is 0 Å². The molecule has 0 aromatic heterocycles. The molecule has 1 fully saturated rings. The SMILES string of the molecule is Cc1ccc(NC(=O)c2ccc(CN3CCN(CCO)CC3)cc2)cc1N. The Kier molecular flexibility index (Phi) is 6.45. The zero-order chi connectivity index (χ0) is 19.2. The second kappa shape index (κ2) is 8.99. The molecule has 1 heterocycles. The van der Waals surface area contributed by atoms with E-state index in [0.717, 1.165) is 44.8 Å². The number of nitrogens with zero attached hydrogens (tertiary/aromatic N) is 2. The van der Waals surface area contributed by atoms with Gasteiger partial charge in [0.25, 0.3) is 5.91 Å². The average Bonchev–Trinajstić information content (AvgIpc) is 2.67. The van der Waals surface area contributed by atoms with Crippen molar-refractivity contribution in [2.75, 3.05) is 50.4 Å². The summed E-state index contributed by atoms with van der Waals surface area (Å²) in [6.45, 7) is 7.76. The first-order chi connectivity index (χ1) is 13.0. The normalized spacial score (nSPS) is 15.6. The van der Waals surface area contributed by atoms with Gasteiger partial charge in [0.05, 0.1) is 6.61 Å². The Morgan fingerprint density at radius 1 is 1.07 bits per heavy atom. The van der Waals surface area contributed by atoms with E-state index in [1.807, 2.05) is 43.3 Å². The minimum Gasteiger partial charge on any atom is -0.398 e. The number of carbonyl (C=O) groups excluding carboxylic acids is 1. The number of rotatable bonds is 6. The topological polar surface area (TPSA) is 81.8 Å². The molecule has 0 unspecified atom stereocenters. The molecule has 3 rings (SSSR count). The van der Waals surface area contributed by atoms with Crippen molar-refractivity contribution in [3.05, 3.63) is 59.2 Å². The maximum atomic E-state index is 12.4. The molecule has 1 aliphatic heterocycles. The fourth-order valence-electron chi connectivity index (χ4n) is 3.25. The smallest absolute Gasteiger partial charge is 0.255 e. The second-order valence-electron chi connectivity index (χ2n) is 7.06. The number of anilines is 2. The van der Waals surface area contributed by atoms with Crippen LogP contribution >= 0.6 is 0 Å². The molecular weight excluding hydrogens is 340 g/mol. The van der Waals surface area contributed by atoms with Gasteiger partial charge in [-0.1, -0.05) is 18.2 Å². The molecule has 2 aromatic carbocycles. The van der Waals surface area contributed by atoms with Crippen LogP contribution in [0.2, 0.25) is 0 Å². The average molecular weight is 368 g/mol. The van der Waals surface area contributed by atoms with Crippen LogP contribution in [0.3, 0.4) is 0 Å². The summed E-state index contributed by atoms with van der Waals surface area (Å²) in [7, 11) is 0. The summed E-state index contributed by atoms with van der Waals surface area (Å²) in [5.41, 5.74) is 10.1. The van der Waals surface area contributed by atoms with Crippen LogP contribution < -0.4 is 11.1 Å². The van der Waals surface area contributed by atoms with Crippen molar-refractivity contribution in [1.29, 1.82) is 0 Å². The number of nitrogens with two attached hydrogens (primary N) is 1. The van der Waals surface area contributed by atoms with Crippen molar-refractivity contribution < 1.29 is 9.90 Å². The summed E-state index contributed by atoms with van der Waals surface area (Å²) in [5, 5.41) is 11.9. The summed E-state index contributed by atoms with van der Waals surface area (Å²) >= 11 is 0. The van der Waals surface area contributed by atoms with Crippen LogP contribution in [-0.2, 0) is 6.54 Å². The number of β-amino-alcohol motifs (C(OH)–C–C–N with tert-alkyl or cyclic N) is 1. The maximum Gasteiger partial charge on any atom is 0.255 e. The molecular formula is C21H28N4O2. The van der Waals surface area contributed by atoms with Gasteiger partial charge in [-0.25, -0.2) is 0 Å². The Morgan fingerprint density at radius 2 is 1.74 bits per heavy atom. The lowest BCUT2D eigenvalue weighted by molar-refractivity contribution is 0.102. The molecule has 0 aliphatic carbocycles. The number of amides is 1. The molecule has 6 nitrogen and oxygen atoms in total. The summed E-state index contributed by atoms with van der Waals surface area (Å²) < 4.78 is 0. The van der Waals surface area contributed by atoms with Crippen LogP contribution in [0.15, 0.2) is 42.5 Å². The highest BCUT2D eigenvalue weighted by Crippen LogP contribution is 2.18. The number of piperazine rings is 1. The van der Waals surface area contributed by atoms with Crippen molar-refractivity contribution in [3.8, 4) is 0 Å². The van der Waals surface area contributed by atoms with E-state index in [1.165, 1.54) is 5.56 Å². The minimum atomic E-state index is -0.137. The molecule has 1 aliphatic rings. The Labute approximate surface area is 160 Å². The molecule has 0 bridgehead atoms. The van der Waals surface area contributed by atoms with E-state index in [2.05, 4.69) is 15.1 Å². The molecule has 0 spiro atoms. The van der Waals surface area contributed by atoms with Gasteiger partial charge in [-0.05, 0) is 42.3 Å². The van der Waals surface area contributed by atoms with Crippen LogP contribution in [0.25, 0.3) is 0 Å². The molecule has 4 N–H and O–H groups in total. The van der Waals surface area contributed by atoms with Crippen LogP contribution in [0, 0.1) is 6.92 Å². The van der Waals surface area contributed by atoms with Crippen molar-refractivity contribution in [3.63, 3.8) is 0 Å². The third-order valence-electron chi connectivity index (χ3n) is 5.04. The van der Waals surface area contributed by atoms with Crippen molar-refractivity contribution in [1.82, 2.24) is 9.80 Å². The molecule has 0 atom stereocenters. The molecule has 1 saturated heterocycles. The van der Waals surface area contributed by atoms with E-state index in [0.29, 0.717) is 16.9 Å². The van der Waals surface area contributed by atoms with Crippen molar-refractivity contribution >= 4 is 17.3 Å². The van der Waals surface area contributed by atoms with E-state index in [9.17, 15) is 4.79 Å². The van der Waals surface area contributed by atoms with Gasteiger partial charge in [0.1, 0.15) is 0 Å². The second-order valence-corrected chi connectivity index (χ2v) is 7.06. The Balaban J connectivity index is 1.53. The van der Waals surface area contributed by atoms with E-state index < -0.39 is 0 Å². The first-order valence-corrected chi connectivity index (χ1v) is 9.37. The summed E-state index contributed by atoms with van der Waals surface area (Å²) in [4.78, 5) is 17.1. The zero-order valence-electron chi connectivity index (χ0n) is 15.8. The van der Waals surface area contributed by atoms with E-state index >= 15 is 0 Å². The van der Waals surface area contributed by atoms with Crippen LogP contribution in [0.5, 0.6) is 0 Å². The largest absolute Gasteiger partial charge is 0.398 e. The highest BCUT2D eigenvalue weighted by Gasteiger charge is 2.16. The standard InChI is InChI=1S/C21H28N4O2/c1-16-2-7-19(14-20(16)22)23-21(27)18-5-3-17(4-6-18)15-25-10-8-24(9-11-25)12-13-26/h2-7,14,26H,8-13,15,22H2,1H3,(H,23,27). The highest BCUT2D eigenvalue weighted by atomic mass is 16.3. The van der Waals surface area contributed by atoms with E-state index in [1.54, 1.807) is 6.07 Å². The monoisotopic (exact) mass is 368 g/mol. The lowest BCUT2D eigenvalue weighted by Crippen LogP contribution is -2.46. The van der Waals surface area contributed by atoms with Gasteiger partial charge in [-0.2, -0.15) is 0 Å². The van der Waals surface area contributed by atoms with Crippen LogP contribution in [0.1, 0.15) is 21.5 Å². The summed E-state index contributed by atoms with van der Waals surface area (Å²) in [6, 6.07) is 13.3. The number of hydrogen-bond donors (Lipinski definition) is 3. The number of hydrogen-bond acceptors (Lipinski definition) is 5. The third kappa shape index (κ3) is 5.29. The predicted molar refractivity (Wildman–Crippen MR) is 109 cm³/mol. The number of nitrogens with one attached hydrogen (secondary N) is 1. The fraction of sp³-hybridized carbons (Fsp3) is 0.381. The Bertz CT molecular complexity index is 768. The Morgan fingerprint density at radius 3 is 2.37 bits per heavy atom. The van der Waals surface area contributed by atoms with Gasteiger partial charge in [0.15, 0.2) is 0 Å². The lowest BCUT2D eigenvalue weighted by Gasteiger charge is -2.34. The number of aliphatic hydroxyl groups is 1. The van der Waals surface area contributed by atoms with Gasteiger partial charge in [0.2, 0.25) is 0 Å². The minimum absolute atomic E-state index is 0.137. The number of nitrogen functional groups attached to an aromatic ring is 1. The number of aryl methyl sites for hydroxylation is 1.